The molecule has 19 heavy (non-hydrogen) atoms. The number of carboxylic acids is 1. The Morgan fingerprint density at radius 3 is 3.00 bits per heavy atom. The summed E-state index contributed by atoms with van der Waals surface area (Å²) >= 11 is 0. The van der Waals surface area contributed by atoms with E-state index in [0.29, 0.717) is 12.2 Å². The van der Waals surface area contributed by atoms with Crippen LogP contribution < -0.4 is 11.1 Å². The number of anilines is 2. The molecule has 0 aliphatic carbocycles. The minimum Gasteiger partial charge on any atom is -0.478 e. The molecule has 0 aromatic carbocycles. The number of furan rings is 1. The normalized spacial score (nSPS) is 12.1. The predicted molar refractivity (Wildman–Crippen MR) is 71.1 cm³/mol. The highest BCUT2D eigenvalue weighted by molar-refractivity contribution is 5.96. The van der Waals surface area contributed by atoms with Gasteiger partial charge in [0.15, 0.2) is 0 Å². The lowest BCUT2D eigenvalue weighted by molar-refractivity contribution is 0.0698. The number of nitrogens with two attached hydrogens (primary N) is 1. The van der Waals surface area contributed by atoms with Crippen molar-refractivity contribution in [2.45, 2.75) is 19.4 Å². The number of rotatable bonds is 5. The minimum atomic E-state index is -1.07. The zero-order valence-electron chi connectivity index (χ0n) is 10.5. The van der Waals surface area contributed by atoms with Gasteiger partial charge in [-0.15, -0.1) is 0 Å². The Hall–Kier alpha value is -2.50. The number of pyridine rings is 1. The van der Waals surface area contributed by atoms with Crippen LogP contribution in [0.1, 0.15) is 23.0 Å². The molecule has 2 aromatic heterocycles. The average molecular weight is 261 g/mol. The third kappa shape index (κ3) is 3.04. The van der Waals surface area contributed by atoms with Crippen LogP contribution >= 0.6 is 0 Å². The van der Waals surface area contributed by atoms with Crippen LogP contribution in [-0.4, -0.2) is 22.1 Å². The van der Waals surface area contributed by atoms with Crippen molar-refractivity contribution >= 4 is 17.5 Å². The minimum absolute atomic E-state index is 0.0185. The second-order valence-electron chi connectivity index (χ2n) is 4.25. The monoisotopic (exact) mass is 261 g/mol. The highest BCUT2D eigenvalue weighted by atomic mass is 16.4. The van der Waals surface area contributed by atoms with E-state index >= 15 is 0 Å². The average Bonchev–Trinajstić information content (AvgIpc) is 2.84. The predicted octanol–water partition coefficient (Wildman–Crippen LogP) is 2.00. The van der Waals surface area contributed by atoms with E-state index in [-0.39, 0.29) is 17.3 Å². The number of hydrogen-bond donors (Lipinski definition) is 3. The molecule has 0 saturated carbocycles. The van der Waals surface area contributed by atoms with Gasteiger partial charge in [-0.05, 0) is 25.1 Å². The standard InChI is InChI=1S/C13H15N3O3/c1-8(7-9-3-2-6-19-9)16-12-11(14)10(13(17)18)4-5-15-12/h2-6,8H,7,14H2,1H3,(H,15,16)(H,17,18). The Morgan fingerprint density at radius 2 is 2.37 bits per heavy atom. The highest BCUT2D eigenvalue weighted by Gasteiger charge is 2.14. The second-order valence-corrected chi connectivity index (χ2v) is 4.25. The fraction of sp³-hybridized carbons (Fsp3) is 0.231. The van der Waals surface area contributed by atoms with E-state index in [0.717, 1.165) is 5.76 Å². The quantitative estimate of drug-likeness (QED) is 0.760. The Bertz CT molecular complexity index is 567. The van der Waals surface area contributed by atoms with Crippen LogP contribution in [0.15, 0.2) is 35.1 Å². The number of carboxylic acid groups (broad SMARTS) is 1. The molecule has 2 heterocycles. The summed E-state index contributed by atoms with van der Waals surface area (Å²) in [6, 6.07) is 5.09. The second kappa shape index (κ2) is 5.43. The van der Waals surface area contributed by atoms with E-state index < -0.39 is 5.97 Å². The van der Waals surface area contributed by atoms with Crippen molar-refractivity contribution in [2.24, 2.45) is 0 Å². The molecule has 4 N–H and O–H groups in total. The Balaban J connectivity index is 2.10. The summed E-state index contributed by atoms with van der Waals surface area (Å²) < 4.78 is 5.25. The molecule has 0 spiro atoms. The van der Waals surface area contributed by atoms with Crippen LogP contribution in [0.4, 0.5) is 11.5 Å². The molecule has 1 unspecified atom stereocenters. The van der Waals surface area contributed by atoms with Gasteiger partial charge in [-0.3, -0.25) is 0 Å². The molecule has 0 amide bonds. The summed E-state index contributed by atoms with van der Waals surface area (Å²) in [5.74, 6) is 0.147. The van der Waals surface area contributed by atoms with E-state index in [2.05, 4.69) is 10.3 Å². The number of aromatic carboxylic acids is 1. The zero-order chi connectivity index (χ0) is 13.8. The molecule has 0 radical (unpaired) electrons. The first kappa shape index (κ1) is 12.9. The van der Waals surface area contributed by atoms with Gasteiger partial charge >= 0.3 is 5.97 Å². The summed E-state index contributed by atoms with van der Waals surface area (Å²) in [5, 5.41) is 12.1. The van der Waals surface area contributed by atoms with E-state index in [1.165, 1.54) is 12.3 Å². The summed E-state index contributed by atoms with van der Waals surface area (Å²) in [6.07, 6.45) is 3.69. The lowest BCUT2D eigenvalue weighted by Gasteiger charge is -2.15. The van der Waals surface area contributed by atoms with E-state index in [1.54, 1.807) is 6.26 Å². The molecule has 0 aliphatic heterocycles. The lowest BCUT2D eigenvalue weighted by Crippen LogP contribution is -2.20. The van der Waals surface area contributed by atoms with E-state index in [4.69, 9.17) is 15.3 Å². The van der Waals surface area contributed by atoms with Gasteiger partial charge in [0.25, 0.3) is 0 Å². The molecule has 100 valence electrons. The summed E-state index contributed by atoms with van der Waals surface area (Å²) in [7, 11) is 0. The maximum absolute atomic E-state index is 11.0. The number of nitrogens with one attached hydrogen (secondary N) is 1. The number of hydrogen-bond acceptors (Lipinski definition) is 5. The van der Waals surface area contributed by atoms with E-state index in [9.17, 15) is 4.79 Å². The summed E-state index contributed by atoms with van der Waals surface area (Å²) in [4.78, 5) is 15.0. The van der Waals surface area contributed by atoms with Crippen LogP contribution in [-0.2, 0) is 6.42 Å². The van der Waals surface area contributed by atoms with Crippen LogP contribution in [0.2, 0.25) is 0 Å². The van der Waals surface area contributed by atoms with Gasteiger partial charge in [0.2, 0.25) is 0 Å². The van der Waals surface area contributed by atoms with Crippen LogP contribution in [0.25, 0.3) is 0 Å². The van der Waals surface area contributed by atoms with E-state index in [1.807, 2.05) is 19.1 Å². The van der Waals surface area contributed by atoms with Gasteiger partial charge < -0.3 is 20.6 Å². The molecular weight excluding hydrogens is 246 g/mol. The molecule has 1 atom stereocenters. The molecular formula is C13H15N3O3. The Morgan fingerprint density at radius 1 is 1.58 bits per heavy atom. The van der Waals surface area contributed by atoms with Gasteiger partial charge in [0.05, 0.1) is 17.5 Å². The third-order valence-corrected chi connectivity index (χ3v) is 2.69. The Kier molecular flexibility index (Phi) is 3.70. The van der Waals surface area contributed by atoms with Crippen molar-refractivity contribution in [1.82, 2.24) is 4.98 Å². The van der Waals surface area contributed by atoms with Gasteiger partial charge in [-0.25, -0.2) is 9.78 Å². The molecule has 0 aliphatic rings. The van der Waals surface area contributed by atoms with Crippen molar-refractivity contribution < 1.29 is 14.3 Å². The number of nitrogen functional groups attached to an aromatic ring is 1. The van der Waals surface area contributed by atoms with Gasteiger partial charge in [0, 0.05) is 18.7 Å². The first-order chi connectivity index (χ1) is 9.08. The van der Waals surface area contributed by atoms with Crippen molar-refractivity contribution in [3.05, 3.63) is 42.0 Å². The highest BCUT2D eigenvalue weighted by Crippen LogP contribution is 2.21. The smallest absolute Gasteiger partial charge is 0.337 e. The maximum atomic E-state index is 11.0. The third-order valence-electron chi connectivity index (χ3n) is 2.69. The molecule has 6 nitrogen and oxygen atoms in total. The van der Waals surface area contributed by atoms with Crippen molar-refractivity contribution in [3.63, 3.8) is 0 Å². The fourth-order valence-corrected chi connectivity index (χ4v) is 1.79. The van der Waals surface area contributed by atoms with Crippen LogP contribution in [0.5, 0.6) is 0 Å². The molecule has 2 aromatic rings. The first-order valence-electron chi connectivity index (χ1n) is 5.84. The van der Waals surface area contributed by atoms with Crippen molar-refractivity contribution in [1.29, 1.82) is 0 Å². The van der Waals surface area contributed by atoms with Crippen LogP contribution in [0.3, 0.4) is 0 Å². The SMILES string of the molecule is CC(Cc1ccco1)Nc1nccc(C(=O)O)c1N. The largest absolute Gasteiger partial charge is 0.478 e. The fourth-order valence-electron chi connectivity index (χ4n) is 1.79. The van der Waals surface area contributed by atoms with Crippen LogP contribution in [0, 0.1) is 0 Å². The molecule has 0 fully saturated rings. The Labute approximate surface area is 110 Å². The zero-order valence-corrected chi connectivity index (χ0v) is 10.5. The molecule has 0 bridgehead atoms. The summed E-state index contributed by atoms with van der Waals surface area (Å²) in [5.41, 5.74) is 5.96. The number of nitrogens with zero attached hydrogens (tertiary/aromatic N) is 1. The van der Waals surface area contributed by atoms with Gasteiger partial charge in [-0.2, -0.15) is 0 Å². The van der Waals surface area contributed by atoms with Crippen molar-refractivity contribution in [2.75, 3.05) is 11.1 Å². The lowest BCUT2D eigenvalue weighted by atomic mass is 10.1. The maximum Gasteiger partial charge on any atom is 0.337 e. The molecule has 0 saturated heterocycles. The first-order valence-corrected chi connectivity index (χ1v) is 5.84. The van der Waals surface area contributed by atoms with Gasteiger partial charge in [-0.1, -0.05) is 0 Å². The van der Waals surface area contributed by atoms with Crippen molar-refractivity contribution in [3.8, 4) is 0 Å². The number of aromatic nitrogens is 1. The topological polar surface area (TPSA) is 101 Å². The van der Waals surface area contributed by atoms with Gasteiger partial charge in [0.1, 0.15) is 11.6 Å². The summed E-state index contributed by atoms with van der Waals surface area (Å²) in [6.45, 7) is 1.94. The molecule has 6 heteroatoms. The number of carbonyl (C=O) groups is 1. The molecule has 2 rings (SSSR count).